The van der Waals surface area contributed by atoms with Crippen LogP contribution in [0.4, 0.5) is 0 Å². The second-order valence-electron chi connectivity index (χ2n) is 7.61. The molecule has 0 aliphatic rings. The molecule has 158 valence electrons. The Morgan fingerprint density at radius 2 is 0.889 bits per heavy atom. The third-order valence-corrected chi connectivity index (χ3v) is 5.32. The molecule has 3 N–H and O–H groups in total. The summed E-state index contributed by atoms with van der Waals surface area (Å²) < 4.78 is 0. The summed E-state index contributed by atoms with van der Waals surface area (Å²) in [4.78, 5) is 34.2. The largest absolute Gasteiger partial charge is 0.481 e. The smallest absolute Gasteiger partial charge is 0.306 e. The van der Waals surface area contributed by atoms with Gasteiger partial charge < -0.3 is 15.3 Å². The Morgan fingerprint density at radius 1 is 0.519 bits per heavy atom. The Hall–Kier alpha value is -1.59. The SMILES string of the molecule is CCCCCCCCC(CCC(CCC(CCC)C(=O)O)C(=O)O)C(=O)O. The van der Waals surface area contributed by atoms with Crippen LogP contribution >= 0.6 is 0 Å². The molecule has 0 aromatic rings. The highest BCUT2D eigenvalue weighted by atomic mass is 16.4. The molecule has 3 unspecified atom stereocenters. The lowest BCUT2D eigenvalue weighted by atomic mass is 9.87. The molecule has 0 aliphatic heterocycles. The van der Waals surface area contributed by atoms with E-state index in [0.29, 0.717) is 32.1 Å². The van der Waals surface area contributed by atoms with Gasteiger partial charge in [-0.2, -0.15) is 0 Å². The molecule has 6 heteroatoms. The van der Waals surface area contributed by atoms with Crippen molar-refractivity contribution in [2.24, 2.45) is 17.8 Å². The number of hydrogen-bond donors (Lipinski definition) is 3. The summed E-state index contributed by atoms with van der Waals surface area (Å²) in [6.45, 7) is 4.06. The maximum Gasteiger partial charge on any atom is 0.306 e. The Morgan fingerprint density at radius 3 is 1.30 bits per heavy atom. The summed E-state index contributed by atoms with van der Waals surface area (Å²) in [6, 6.07) is 0. The number of carboxylic acid groups (broad SMARTS) is 3. The lowest BCUT2D eigenvalue weighted by molar-refractivity contribution is -0.146. The highest BCUT2D eigenvalue weighted by Gasteiger charge is 2.25. The van der Waals surface area contributed by atoms with Crippen LogP contribution < -0.4 is 0 Å². The number of unbranched alkanes of at least 4 members (excludes halogenated alkanes) is 5. The second kappa shape index (κ2) is 15.5. The molecule has 0 saturated heterocycles. The maximum atomic E-state index is 11.5. The molecular weight excluding hydrogens is 348 g/mol. The maximum absolute atomic E-state index is 11.5. The molecule has 0 spiro atoms. The first-order valence-electron chi connectivity index (χ1n) is 10.5. The van der Waals surface area contributed by atoms with Crippen molar-refractivity contribution in [2.45, 2.75) is 97.3 Å². The van der Waals surface area contributed by atoms with E-state index in [0.717, 1.165) is 25.7 Å². The molecule has 6 nitrogen and oxygen atoms in total. The molecule has 3 atom stereocenters. The summed E-state index contributed by atoms with van der Waals surface area (Å²) >= 11 is 0. The van der Waals surface area contributed by atoms with Crippen molar-refractivity contribution >= 4 is 17.9 Å². The minimum absolute atomic E-state index is 0.287. The van der Waals surface area contributed by atoms with Crippen LogP contribution in [0.5, 0.6) is 0 Å². The van der Waals surface area contributed by atoms with Crippen LogP contribution in [0.1, 0.15) is 97.3 Å². The lowest BCUT2D eigenvalue weighted by Crippen LogP contribution is -2.21. The molecule has 0 saturated carbocycles. The highest BCUT2D eigenvalue weighted by molar-refractivity contribution is 5.72. The van der Waals surface area contributed by atoms with Gasteiger partial charge in [-0.05, 0) is 38.5 Å². The number of aliphatic carboxylic acids is 3. The minimum atomic E-state index is -0.959. The van der Waals surface area contributed by atoms with Gasteiger partial charge in [0.25, 0.3) is 0 Å². The first-order chi connectivity index (χ1) is 12.8. The van der Waals surface area contributed by atoms with Gasteiger partial charge in [-0.3, -0.25) is 14.4 Å². The topological polar surface area (TPSA) is 112 Å². The van der Waals surface area contributed by atoms with Crippen molar-refractivity contribution in [3.63, 3.8) is 0 Å². The van der Waals surface area contributed by atoms with Crippen molar-refractivity contribution in [1.82, 2.24) is 0 Å². The van der Waals surface area contributed by atoms with E-state index in [1.807, 2.05) is 6.92 Å². The molecule has 0 aromatic carbocycles. The van der Waals surface area contributed by atoms with Gasteiger partial charge in [0.05, 0.1) is 17.8 Å². The molecule has 0 aliphatic carbocycles. The predicted octanol–water partition coefficient (Wildman–Crippen LogP) is 5.20. The van der Waals surface area contributed by atoms with Gasteiger partial charge in [-0.15, -0.1) is 0 Å². The van der Waals surface area contributed by atoms with Crippen LogP contribution in [-0.4, -0.2) is 33.2 Å². The van der Waals surface area contributed by atoms with E-state index in [-0.39, 0.29) is 6.42 Å². The van der Waals surface area contributed by atoms with Crippen LogP contribution in [-0.2, 0) is 14.4 Å². The average molecular weight is 387 g/mol. The van der Waals surface area contributed by atoms with Gasteiger partial charge in [0.2, 0.25) is 0 Å². The first kappa shape index (κ1) is 25.4. The van der Waals surface area contributed by atoms with E-state index in [4.69, 9.17) is 0 Å². The van der Waals surface area contributed by atoms with Crippen molar-refractivity contribution in [3.05, 3.63) is 0 Å². The fraction of sp³-hybridized carbons (Fsp3) is 0.857. The highest BCUT2D eigenvalue weighted by Crippen LogP contribution is 2.25. The predicted molar refractivity (Wildman–Crippen MR) is 105 cm³/mol. The average Bonchev–Trinajstić information content (AvgIpc) is 2.60. The van der Waals surface area contributed by atoms with Gasteiger partial charge in [0.1, 0.15) is 0 Å². The van der Waals surface area contributed by atoms with Crippen molar-refractivity contribution in [3.8, 4) is 0 Å². The first-order valence-corrected chi connectivity index (χ1v) is 10.5. The molecule has 0 bridgehead atoms. The van der Waals surface area contributed by atoms with Gasteiger partial charge in [0, 0.05) is 0 Å². The van der Waals surface area contributed by atoms with Crippen LogP contribution in [0.2, 0.25) is 0 Å². The summed E-state index contributed by atoms with van der Waals surface area (Å²) in [5.74, 6) is -4.40. The summed E-state index contributed by atoms with van der Waals surface area (Å²) in [5.41, 5.74) is 0. The van der Waals surface area contributed by atoms with E-state index in [2.05, 4.69) is 6.92 Å². The normalized spacial score (nSPS) is 14.4. The third-order valence-electron chi connectivity index (χ3n) is 5.32. The number of carboxylic acids is 3. The van der Waals surface area contributed by atoms with E-state index >= 15 is 0 Å². The van der Waals surface area contributed by atoms with Gasteiger partial charge in [-0.1, -0.05) is 58.8 Å². The molecule has 0 heterocycles. The zero-order valence-electron chi connectivity index (χ0n) is 17.0. The van der Waals surface area contributed by atoms with Gasteiger partial charge in [-0.25, -0.2) is 0 Å². The van der Waals surface area contributed by atoms with Crippen molar-refractivity contribution in [1.29, 1.82) is 0 Å². The van der Waals surface area contributed by atoms with Gasteiger partial charge >= 0.3 is 17.9 Å². The molecular formula is C21H38O6. The van der Waals surface area contributed by atoms with Crippen LogP contribution in [0.3, 0.4) is 0 Å². The van der Waals surface area contributed by atoms with Crippen LogP contribution in [0, 0.1) is 17.8 Å². The molecule has 0 rings (SSSR count). The minimum Gasteiger partial charge on any atom is -0.481 e. The molecule has 0 aromatic heterocycles. The molecule has 27 heavy (non-hydrogen) atoms. The van der Waals surface area contributed by atoms with E-state index in [1.54, 1.807) is 0 Å². The number of rotatable bonds is 18. The monoisotopic (exact) mass is 386 g/mol. The summed E-state index contributed by atoms with van der Waals surface area (Å²) in [6.07, 6.45) is 9.67. The lowest BCUT2D eigenvalue weighted by Gasteiger charge is -2.18. The van der Waals surface area contributed by atoms with Crippen molar-refractivity contribution in [2.75, 3.05) is 0 Å². The van der Waals surface area contributed by atoms with Crippen molar-refractivity contribution < 1.29 is 29.7 Å². The quantitative estimate of drug-likeness (QED) is 0.279. The van der Waals surface area contributed by atoms with Crippen LogP contribution in [0.15, 0.2) is 0 Å². The second-order valence-corrected chi connectivity index (χ2v) is 7.61. The standard InChI is InChI=1S/C21H38O6/c1-3-5-6-7-8-9-11-17(20(24)25)13-15-18(21(26)27)14-12-16(10-4-2)19(22)23/h16-18H,3-15H2,1-2H3,(H,22,23)(H,24,25)(H,26,27). The van der Waals surface area contributed by atoms with Crippen LogP contribution in [0.25, 0.3) is 0 Å². The zero-order valence-corrected chi connectivity index (χ0v) is 17.0. The number of carbonyl (C=O) groups is 3. The van der Waals surface area contributed by atoms with Gasteiger partial charge in [0.15, 0.2) is 0 Å². The Kier molecular flexibility index (Phi) is 14.6. The Labute approximate surface area is 163 Å². The molecule has 0 amide bonds. The zero-order chi connectivity index (χ0) is 20.7. The van der Waals surface area contributed by atoms with E-state index < -0.39 is 35.7 Å². The Bertz CT molecular complexity index is 434. The Balaban J connectivity index is 4.41. The summed E-state index contributed by atoms with van der Waals surface area (Å²) in [5, 5.41) is 28.0. The molecule has 0 radical (unpaired) electrons. The fourth-order valence-electron chi connectivity index (χ4n) is 3.50. The number of hydrogen-bond acceptors (Lipinski definition) is 3. The summed E-state index contributed by atoms with van der Waals surface area (Å²) in [7, 11) is 0. The molecule has 0 fully saturated rings. The van der Waals surface area contributed by atoms with E-state index in [1.165, 1.54) is 19.3 Å². The fourth-order valence-corrected chi connectivity index (χ4v) is 3.50. The third kappa shape index (κ3) is 12.4. The van der Waals surface area contributed by atoms with E-state index in [9.17, 15) is 29.7 Å².